The van der Waals surface area contributed by atoms with Gasteiger partial charge in [-0.3, -0.25) is 4.79 Å². The summed E-state index contributed by atoms with van der Waals surface area (Å²) in [5, 5.41) is 9.74. The molecule has 1 N–H and O–H groups in total. The molecule has 2 atom stereocenters. The van der Waals surface area contributed by atoms with Crippen LogP contribution in [0.2, 0.25) is 0 Å². The highest BCUT2D eigenvalue weighted by atomic mass is 16.5. The van der Waals surface area contributed by atoms with Gasteiger partial charge in [-0.25, -0.2) is 0 Å². The largest absolute Gasteiger partial charge is 0.463 e. The number of carbonyl (C=O) groups is 1. The number of aliphatic hydroxyl groups excluding tert-OH is 1. The highest BCUT2D eigenvalue weighted by molar-refractivity contribution is 5.73. The van der Waals surface area contributed by atoms with E-state index < -0.39 is 6.10 Å². The lowest BCUT2D eigenvalue weighted by Crippen LogP contribution is -2.29. The molecule has 0 spiro atoms. The van der Waals surface area contributed by atoms with Crippen LogP contribution in [-0.2, 0) is 9.53 Å². The third-order valence-corrected chi connectivity index (χ3v) is 4.11. The van der Waals surface area contributed by atoms with E-state index in [2.05, 4.69) is 6.92 Å². The molecule has 0 saturated heterocycles. The van der Waals surface area contributed by atoms with Crippen molar-refractivity contribution in [2.24, 2.45) is 5.92 Å². The molecular weight excluding hydrogens is 276 g/mol. The molecule has 0 fully saturated rings. The Balaban J connectivity index is 3.63. The van der Waals surface area contributed by atoms with E-state index in [4.69, 9.17) is 4.74 Å². The van der Waals surface area contributed by atoms with Crippen LogP contribution in [0, 0.1) is 5.92 Å². The molecule has 0 aliphatic carbocycles. The van der Waals surface area contributed by atoms with Gasteiger partial charge in [0.15, 0.2) is 0 Å². The van der Waals surface area contributed by atoms with Crippen molar-refractivity contribution in [2.75, 3.05) is 0 Å². The zero-order chi connectivity index (χ0) is 16.8. The summed E-state index contributed by atoms with van der Waals surface area (Å²) in [5.41, 5.74) is 0. The molecule has 0 aliphatic heterocycles. The molecule has 3 nitrogen and oxygen atoms in total. The predicted octanol–water partition coefficient (Wildman–Crippen LogP) is 5.25. The molecule has 132 valence electrons. The fourth-order valence-corrected chi connectivity index (χ4v) is 2.73. The molecule has 0 bridgehead atoms. The van der Waals surface area contributed by atoms with Crippen LogP contribution in [0.3, 0.4) is 0 Å². The van der Waals surface area contributed by atoms with Crippen LogP contribution in [0.4, 0.5) is 0 Å². The van der Waals surface area contributed by atoms with E-state index in [9.17, 15) is 9.90 Å². The second-order valence-corrected chi connectivity index (χ2v) is 6.80. The third-order valence-electron chi connectivity index (χ3n) is 4.11. The maximum Gasteiger partial charge on any atom is 0.311 e. The van der Waals surface area contributed by atoms with Gasteiger partial charge in [0.2, 0.25) is 0 Å². The van der Waals surface area contributed by atoms with Crippen molar-refractivity contribution >= 4 is 5.97 Å². The van der Waals surface area contributed by atoms with E-state index in [0.29, 0.717) is 0 Å². The maximum atomic E-state index is 11.9. The monoisotopic (exact) mass is 314 g/mol. The van der Waals surface area contributed by atoms with Crippen molar-refractivity contribution in [1.82, 2.24) is 0 Å². The molecule has 0 aromatic carbocycles. The molecule has 3 heteroatoms. The van der Waals surface area contributed by atoms with Crippen LogP contribution in [0.1, 0.15) is 98.3 Å². The van der Waals surface area contributed by atoms with Crippen LogP contribution in [-0.4, -0.2) is 23.3 Å². The Labute approximate surface area is 137 Å². The van der Waals surface area contributed by atoms with Crippen LogP contribution in [0.25, 0.3) is 0 Å². The second kappa shape index (κ2) is 14.0. The highest BCUT2D eigenvalue weighted by Gasteiger charge is 2.25. The standard InChI is InChI=1S/C19H38O3/c1-5-6-7-8-9-10-11-12-13-14-15-18(17(4)20)19(21)22-16(2)3/h16-18,20H,5-15H2,1-4H3. The molecule has 0 amide bonds. The topological polar surface area (TPSA) is 46.5 Å². The van der Waals surface area contributed by atoms with E-state index in [-0.39, 0.29) is 18.0 Å². The number of carbonyl (C=O) groups excluding carboxylic acids is 1. The molecule has 0 aliphatic rings. The lowest BCUT2D eigenvalue weighted by atomic mass is 9.95. The summed E-state index contributed by atoms with van der Waals surface area (Å²) in [4.78, 5) is 11.9. The Morgan fingerprint density at radius 2 is 1.32 bits per heavy atom. The molecule has 22 heavy (non-hydrogen) atoms. The first-order valence-electron chi connectivity index (χ1n) is 9.37. The van der Waals surface area contributed by atoms with Crippen LogP contribution < -0.4 is 0 Å². The SMILES string of the molecule is CCCCCCCCCCCCC(C(=O)OC(C)C)C(C)O. The number of hydrogen-bond acceptors (Lipinski definition) is 3. The molecule has 0 aromatic heterocycles. The first-order valence-corrected chi connectivity index (χ1v) is 9.37. The van der Waals surface area contributed by atoms with Gasteiger partial charge in [0.05, 0.1) is 18.1 Å². The summed E-state index contributed by atoms with van der Waals surface area (Å²) in [6.45, 7) is 7.62. The molecule has 0 saturated carbocycles. The minimum atomic E-state index is -0.621. The number of unbranched alkanes of at least 4 members (excludes halogenated alkanes) is 9. The summed E-state index contributed by atoms with van der Waals surface area (Å²) < 4.78 is 5.22. The Kier molecular flexibility index (Phi) is 13.7. The van der Waals surface area contributed by atoms with Crippen LogP contribution in [0.15, 0.2) is 0 Å². The van der Waals surface area contributed by atoms with E-state index in [1.165, 1.54) is 51.4 Å². The minimum Gasteiger partial charge on any atom is -0.463 e. The average Bonchev–Trinajstić information content (AvgIpc) is 2.43. The molecule has 0 radical (unpaired) electrons. The molecule has 2 unspecified atom stereocenters. The van der Waals surface area contributed by atoms with Gasteiger partial charge in [-0.2, -0.15) is 0 Å². The van der Waals surface area contributed by atoms with Crippen molar-refractivity contribution < 1.29 is 14.6 Å². The molecule has 0 rings (SSSR count). The first-order chi connectivity index (χ1) is 10.5. The highest BCUT2D eigenvalue weighted by Crippen LogP contribution is 2.18. The lowest BCUT2D eigenvalue weighted by molar-refractivity contribution is -0.156. The minimum absolute atomic E-state index is 0.110. The Morgan fingerprint density at radius 3 is 1.73 bits per heavy atom. The zero-order valence-corrected chi connectivity index (χ0v) is 15.3. The van der Waals surface area contributed by atoms with Gasteiger partial charge < -0.3 is 9.84 Å². The van der Waals surface area contributed by atoms with Crippen molar-refractivity contribution in [3.8, 4) is 0 Å². The number of ether oxygens (including phenoxy) is 1. The van der Waals surface area contributed by atoms with Gasteiger partial charge in [-0.15, -0.1) is 0 Å². The Bertz CT molecular complexity index is 261. The Morgan fingerprint density at radius 1 is 0.864 bits per heavy atom. The van der Waals surface area contributed by atoms with Crippen LogP contribution >= 0.6 is 0 Å². The fraction of sp³-hybridized carbons (Fsp3) is 0.947. The van der Waals surface area contributed by atoms with Gasteiger partial charge in [0.1, 0.15) is 0 Å². The van der Waals surface area contributed by atoms with Crippen molar-refractivity contribution in [3.63, 3.8) is 0 Å². The van der Waals surface area contributed by atoms with Crippen LogP contribution in [0.5, 0.6) is 0 Å². The first kappa shape index (κ1) is 21.4. The summed E-state index contributed by atoms with van der Waals surface area (Å²) in [6.07, 6.45) is 12.8. The molecule has 0 aromatic rings. The van der Waals surface area contributed by atoms with Crippen molar-refractivity contribution in [3.05, 3.63) is 0 Å². The number of hydrogen-bond donors (Lipinski definition) is 1. The summed E-state index contributed by atoms with van der Waals surface area (Å²) >= 11 is 0. The van der Waals surface area contributed by atoms with Gasteiger partial charge >= 0.3 is 5.97 Å². The second-order valence-electron chi connectivity index (χ2n) is 6.80. The van der Waals surface area contributed by atoms with E-state index in [0.717, 1.165) is 19.3 Å². The van der Waals surface area contributed by atoms with Crippen molar-refractivity contribution in [2.45, 2.75) is 111 Å². The molecular formula is C19H38O3. The normalized spacial score (nSPS) is 14.1. The fourth-order valence-electron chi connectivity index (χ4n) is 2.73. The quantitative estimate of drug-likeness (QED) is 0.352. The number of esters is 1. The maximum absolute atomic E-state index is 11.9. The Hall–Kier alpha value is -0.570. The van der Waals surface area contributed by atoms with E-state index in [1.807, 2.05) is 13.8 Å². The van der Waals surface area contributed by atoms with Gasteiger partial charge in [-0.1, -0.05) is 71.1 Å². The summed E-state index contributed by atoms with van der Waals surface area (Å²) in [7, 11) is 0. The zero-order valence-electron chi connectivity index (χ0n) is 15.3. The molecule has 0 heterocycles. The number of aliphatic hydroxyl groups is 1. The van der Waals surface area contributed by atoms with Gasteiger partial charge in [0.25, 0.3) is 0 Å². The van der Waals surface area contributed by atoms with E-state index in [1.54, 1.807) is 6.92 Å². The van der Waals surface area contributed by atoms with Crippen molar-refractivity contribution in [1.29, 1.82) is 0 Å². The lowest BCUT2D eigenvalue weighted by Gasteiger charge is -2.20. The number of rotatable bonds is 14. The average molecular weight is 315 g/mol. The third kappa shape index (κ3) is 12.0. The van der Waals surface area contributed by atoms with Gasteiger partial charge in [0, 0.05) is 0 Å². The summed E-state index contributed by atoms with van der Waals surface area (Å²) in [6, 6.07) is 0. The smallest absolute Gasteiger partial charge is 0.311 e. The predicted molar refractivity (Wildman–Crippen MR) is 92.9 cm³/mol. The summed E-state index contributed by atoms with van der Waals surface area (Å²) in [5.74, 6) is -0.614. The van der Waals surface area contributed by atoms with E-state index >= 15 is 0 Å². The van der Waals surface area contributed by atoms with Gasteiger partial charge in [-0.05, 0) is 27.2 Å².